The summed E-state index contributed by atoms with van der Waals surface area (Å²) < 4.78 is 7.39. The summed E-state index contributed by atoms with van der Waals surface area (Å²) in [7, 11) is 0. The van der Waals surface area contributed by atoms with Crippen molar-refractivity contribution in [3.63, 3.8) is 0 Å². The van der Waals surface area contributed by atoms with E-state index in [1.165, 1.54) is 0 Å². The molecule has 0 unspecified atom stereocenters. The van der Waals surface area contributed by atoms with Crippen molar-refractivity contribution in [2.45, 2.75) is 31.4 Å². The molecule has 9 heteroatoms. The topological polar surface area (TPSA) is 105 Å². The molecule has 4 rings (SSSR count). The molecular formula is C17H18ClN5O3. The average molecular weight is 376 g/mol. The zero-order valence-electron chi connectivity index (χ0n) is 13.8. The Kier molecular flexibility index (Phi) is 4.73. The molecule has 1 saturated heterocycles. The highest BCUT2D eigenvalue weighted by atomic mass is 35.5. The molecule has 8 nitrogen and oxygen atoms in total. The Bertz CT molecular complexity index is 904. The van der Waals surface area contributed by atoms with Crippen LogP contribution >= 0.6 is 11.6 Å². The van der Waals surface area contributed by atoms with Crippen molar-refractivity contribution in [2.24, 2.45) is 0 Å². The Morgan fingerprint density at radius 3 is 2.81 bits per heavy atom. The van der Waals surface area contributed by atoms with Gasteiger partial charge >= 0.3 is 0 Å². The molecular weight excluding hydrogens is 358 g/mol. The third kappa shape index (κ3) is 3.24. The van der Waals surface area contributed by atoms with E-state index in [0.717, 1.165) is 5.56 Å². The van der Waals surface area contributed by atoms with Crippen molar-refractivity contribution in [2.75, 3.05) is 11.9 Å². The van der Waals surface area contributed by atoms with Crippen LogP contribution in [-0.4, -0.2) is 48.5 Å². The second kappa shape index (κ2) is 7.16. The minimum atomic E-state index is -0.740. The predicted octanol–water partition coefficient (Wildman–Crippen LogP) is 1.73. The van der Waals surface area contributed by atoms with E-state index >= 15 is 0 Å². The van der Waals surface area contributed by atoms with E-state index in [4.69, 9.17) is 16.3 Å². The standard InChI is InChI=1S/C17H18ClN5O3/c18-17-21-15(19-7-10-4-2-1-3-5-10)14-16(22-17)23(9-20-14)13-6-11(25)12(8-24)26-13/h1-5,9,11-13,24-25H,6-8H2,(H,19,21,22)/t11-,12+,13+/m0/s1. The number of aromatic nitrogens is 4. The maximum absolute atomic E-state index is 9.96. The molecule has 0 spiro atoms. The SMILES string of the molecule is OC[C@H]1O[C@@H](n2cnc3c(NCc4ccccc4)nc(Cl)nc32)C[C@@H]1O. The Hall–Kier alpha value is -2.26. The first-order valence-corrected chi connectivity index (χ1v) is 8.65. The number of nitrogens with one attached hydrogen (secondary N) is 1. The van der Waals surface area contributed by atoms with Gasteiger partial charge in [0.15, 0.2) is 17.0 Å². The summed E-state index contributed by atoms with van der Waals surface area (Å²) in [5.41, 5.74) is 2.18. The van der Waals surface area contributed by atoms with Gasteiger partial charge in [-0.15, -0.1) is 0 Å². The van der Waals surface area contributed by atoms with Crippen molar-refractivity contribution < 1.29 is 14.9 Å². The highest BCUT2D eigenvalue weighted by Gasteiger charge is 2.35. The number of aliphatic hydroxyl groups is 2. The van der Waals surface area contributed by atoms with E-state index in [0.29, 0.717) is 29.9 Å². The van der Waals surface area contributed by atoms with Gasteiger partial charge in [-0.2, -0.15) is 9.97 Å². The van der Waals surface area contributed by atoms with Crippen LogP contribution in [0.25, 0.3) is 11.2 Å². The molecule has 3 N–H and O–H groups in total. The lowest BCUT2D eigenvalue weighted by Crippen LogP contribution is -2.24. The second-order valence-electron chi connectivity index (χ2n) is 6.12. The number of halogens is 1. The molecule has 1 aromatic carbocycles. The van der Waals surface area contributed by atoms with Crippen LogP contribution in [-0.2, 0) is 11.3 Å². The van der Waals surface area contributed by atoms with Crippen LogP contribution in [0.1, 0.15) is 18.2 Å². The monoisotopic (exact) mass is 375 g/mol. The summed E-state index contributed by atoms with van der Waals surface area (Å²) in [6, 6.07) is 9.91. The number of aliphatic hydroxyl groups excluding tert-OH is 2. The van der Waals surface area contributed by atoms with Crippen LogP contribution in [0.3, 0.4) is 0 Å². The summed E-state index contributed by atoms with van der Waals surface area (Å²) in [4.78, 5) is 12.9. The highest BCUT2D eigenvalue weighted by Crippen LogP contribution is 2.32. The fourth-order valence-electron chi connectivity index (χ4n) is 3.06. The number of anilines is 1. The smallest absolute Gasteiger partial charge is 0.226 e. The molecule has 2 aromatic heterocycles. The first kappa shape index (κ1) is 17.2. The van der Waals surface area contributed by atoms with Crippen LogP contribution in [0.5, 0.6) is 0 Å². The largest absolute Gasteiger partial charge is 0.394 e. The van der Waals surface area contributed by atoms with E-state index in [1.807, 2.05) is 30.3 Å². The molecule has 0 aliphatic carbocycles. The fraction of sp³-hybridized carbons (Fsp3) is 0.353. The molecule has 1 aliphatic heterocycles. The van der Waals surface area contributed by atoms with Crippen LogP contribution < -0.4 is 5.32 Å². The maximum atomic E-state index is 9.96. The maximum Gasteiger partial charge on any atom is 0.226 e. The first-order valence-electron chi connectivity index (χ1n) is 8.28. The van der Waals surface area contributed by atoms with Gasteiger partial charge in [-0.25, -0.2) is 4.98 Å². The molecule has 0 bridgehead atoms. The first-order chi connectivity index (χ1) is 12.7. The number of nitrogens with zero attached hydrogens (tertiary/aromatic N) is 4. The lowest BCUT2D eigenvalue weighted by atomic mass is 10.2. The fourth-order valence-corrected chi connectivity index (χ4v) is 3.22. The minimum absolute atomic E-state index is 0.0899. The zero-order chi connectivity index (χ0) is 18.1. The zero-order valence-corrected chi connectivity index (χ0v) is 14.5. The Labute approximate surface area is 154 Å². The van der Waals surface area contributed by atoms with Gasteiger partial charge in [-0.3, -0.25) is 4.57 Å². The van der Waals surface area contributed by atoms with Crippen molar-refractivity contribution in [3.8, 4) is 0 Å². The number of rotatable bonds is 5. The van der Waals surface area contributed by atoms with Crippen molar-refractivity contribution in [1.82, 2.24) is 19.5 Å². The van der Waals surface area contributed by atoms with Gasteiger partial charge in [0.1, 0.15) is 12.3 Å². The van der Waals surface area contributed by atoms with Crippen molar-refractivity contribution in [3.05, 3.63) is 47.5 Å². The Morgan fingerprint density at radius 2 is 2.08 bits per heavy atom. The summed E-state index contributed by atoms with van der Waals surface area (Å²) in [6.07, 6.45) is 0.0898. The number of benzene rings is 1. The van der Waals surface area contributed by atoms with E-state index in [-0.39, 0.29) is 11.9 Å². The molecule has 1 aliphatic rings. The van der Waals surface area contributed by atoms with Crippen molar-refractivity contribution in [1.29, 1.82) is 0 Å². The molecule has 26 heavy (non-hydrogen) atoms. The average Bonchev–Trinajstić information content (AvgIpc) is 3.23. The van der Waals surface area contributed by atoms with Gasteiger partial charge in [0, 0.05) is 13.0 Å². The lowest BCUT2D eigenvalue weighted by Gasteiger charge is -2.14. The number of hydrogen-bond donors (Lipinski definition) is 3. The molecule has 3 heterocycles. The van der Waals surface area contributed by atoms with Crippen LogP contribution in [0, 0.1) is 0 Å². The number of ether oxygens (including phenoxy) is 1. The number of hydrogen-bond acceptors (Lipinski definition) is 7. The third-order valence-corrected chi connectivity index (χ3v) is 4.56. The minimum Gasteiger partial charge on any atom is -0.394 e. The number of fused-ring (bicyclic) bond motifs is 1. The van der Waals surface area contributed by atoms with E-state index in [2.05, 4.69) is 20.3 Å². The van der Waals surface area contributed by atoms with Gasteiger partial charge in [0.2, 0.25) is 5.28 Å². The molecule has 3 atom stereocenters. The van der Waals surface area contributed by atoms with E-state index in [1.54, 1.807) is 10.9 Å². The van der Waals surface area contributed by atoms with Crippen LogP contribution in [0.15, 0.2) is 36.7 Å². The van der Waals surface area contributed by atoms with Gasteiger partial charge in [0.25, 0.3) is 0 Å². The molecule has 0 amide bonds. The molecule has 136 valence electrons. The lowest BCUT2D eigenvalue weighted by molar-refractivity contribution is -0.0432. The van der Waals surface area contributed by atoms with Gasteiger partial charge in [-0.05, 0) is 17.2 Å². The molecule has 3 aromatic rings. The van der Waals surface area contributed by atoms with Crippen LogP contribution in [0.2, 0.25) is 5.28 Å². The molecule has 0 saturated carbocycles. The summed E-state index contributed by atoms with van der Waals surface area (Å²) in [6.45, 7) is 0.325. The van der Waals surface area contributed by atoms with E-state index < -0.39 is 18.4 Å². The molecule has 0 radical (unpaired) electrons. The van der Waals surface area contributed by atoms with Gasteiger partial charge < -0.3 is 20.3 Å². The summed E-state index contributed by atoms with van der Waals surface area (Å²) in [5.74, 6) is 0.528. The van der Waals surface area contributed by atoms with Gasteiger partial charge in [-0.1, -0.05) is 30.3 Å². The molecule has 1 fully saturated rings. The normalized spacial score (nSPS) is 22.8. The number of imidazole rings is 1. The Morgan fingerprint density at radius 1 is 1.27 bits per heavy atom. The predicted molar refractivity (Wildman–Crippen MR) is 95.7 cm³/mol. The Balaban J connectivity index is 1.63. The van der Waals surface area contributed by atoms with Crippen molar-refractivity contribution >= 4 is 28.6 Å². The van der Waals surface area contributed by atoms with E-state index in [9.17, 15) is 10.2 Å². The van der Waals surface area contributed by atoms with Crippen LogP contribution in [0.4, 0.5) is 5.82 Å². The van der Waals surface area contributed by atoms with Gasteiger partial charge in [0.05, 0.1) is 19.0 Å². The third-order valence-electron chi connectivity index (χ3n) is 4.39. The second-order valence-corrected chi connectivity index (χ2v) is 6.46. The summed E-state index contributed by atoms with van der Waals surface area (Å²) in [5, 5.41) is 22.6. The summed E-state index contributed by atoms with van der Waals surface area (Å²) >= 11 is 6.09. The quantitative estimate of drug-likeness (QED) is 0.583. The highest BCUT2D eigenvalue weighted by molar-refractivity contribution is 6.28.